The predicted octanol–water partition coefficient (Wildman–Crippen LogP) is 3.73. The van der Waals surface area contributed by atoms with E-state index in [-0.39, 0.29) is 6.04 Å². The lowest BCUT2D eigenvalue weighted by molar-refractivity contribution is 0.386. The van der Waals surface area contributed by atoms with Gasteiger partial charge in [-0.25, -0.2) is 4.98 Å². The quantitative estimate of drug-likeness (QED) is 0.775. The first-order valence-corrected chi connectivity index (χ1v) is 7.21. The molecule has 1 N–H and O–H groups in total. The fourth-order valence-corrected chi connectivity index (χ4v) is 2.81. The van der Waals surface area contributed by atoms with E-state index < -0.39 is 0 Å². The molecule has 1 aliphatic rings. The fourth-order valence-electron chi connectivity index (χ4n) is 2.81. The van der Waals surface area contributed by atoms with Crippen LogP contribution < -0.4 is 5.32 Å². The average Bonchev–Trinajstić information content (AvgIpc) is 3.05. The van der Waals surface area contributed by atoms with Crippen LogP contribution in [-0.4, -0.2) is 4.98 Å². The lowest BCUT2D eigenvalue weighted by Crippen LogP contribution is -2.28. The minimum atomic E-state index is 0.150. The van der Waals surface area contributed by atoms with Gasteiger partial charge in [0.15, 0.2) is 5.76 Å². The molecule has 0 bridgehead atoms. The second kappa shape index (κ2) is 5.19. The summed E-state index contributed by atoms with van der Waals surface area (Å²) in [5.41, 5.74) is 3.80. The summed E-state index contributed by atoms with van der Waals surface area (Å²) in [6.07, 6.45) is 2.73. The van der Waals surface area contributed by atoms with Crippen LogP contribution in [0.4, 0.5) is 0 Å². The normalized spacial score (nSPS) is 17.4. The zero-order chi connectivity index (χ0) is 14.1. The highest BCUT2D eigenvalue weighted by Gasteiger charge is 2.23. The molecular weight excluding hydrogens is 260 g/mol. The number of nitrogens with one attached hydrogen (secondary N) is 1. The Labute approximate surface area is 123 Å². The van der Waals surface area contributed by atoms with Crippen LogP contribution in [0.3, 0.4) is 0 Å². The van der Waals surface area contributed by atoms with Gasteiger partial charge in [0.25, 0.3) is 0 Å². The fraction of sp³-hybridized carbons (Fsp3) is 0.167. The Morgan fingerprint density at radius 2 is 1.71 bits per heavy atom. The molecule has 21 heavy (non-hydrogen) atoms. The summed E-state index contributed by atoms with van der Waals surface area (Å²) in [4.78, 5) is 4.46. The Kier molecular flexibility index (Phi) is 3.05. The molecule has 2 heterocycles. The maximum atomic E-state index is 5.95. The number of rotatable bonds is 2. The predicted molar refractivity (Wildman–Crippen MR) is 81.7 cm³/mol. The van der Waals surface area contributed by atoms with Crippen molar-refractivity contribution in [2.24, 2.45) is 0 Å². The van der Waals surface area contributed by atoms with Gasteiger partial charge in [0, 0.05) is 12.1 Å². The molecular formula is C18H16N2O. The molecule has 3 nitrogen and oxygen atoms in total. The minimum Gasteiger partial charge on any atom is -0.439 e. The van der Waals surface area contributed by atoms with Crippen LogP contribution in [0.25, 0.3) is 11.3 Å². The Bertz CT molecular complexity index is 749. The number of nitrogens with zero attached hydrogens (tertiary/aromatic N) is 1. The lowest BCUT2D eigenvalue weighted by atomic mass is 9.96. The van der Waals surface area contributed by atoms with E-state index in [1.54, 1.807) is 0 Å². The Hall–Kier alpha value is -2.39. The third-order valence-corrected chi connectivity index (χ3v) is 3.96. The van der Waals surface area contributed by atoms with E-state index in [1.807, 2.05) is 36.5 Å². The summed E-state index contributed by atoms with van der Waals surface area (Å²) in [6, 6.07) is 18.8. The van der Waals surface area contributed by atoms with Crippen LogP contribution in [0.5, 0.6) is 0 Å². The van der Waals surface area contributed by atoms with Crippen molar-refractivity contribution in [2.75, 3.05) is 0 Å². The topological polar surface area (TPSA) is 38.1 Å². The molecule has 1 aromatic heterocycles. The number of oxazole rings is 1. The van der Waals surface area contributed by atoms with Crippen molar-refractivity contribution in [3.63, 3.8) is 0 Å². The first-order chi connectivity index (χ1) is 10.4. The van der Waals surface area contributed by atoms with E-state index in [0.717, 1.165) is 30.2 Å². The molecule has 1 aliphatic heterocycles. The van der Waals surface area contributed by atoms with Crippen LogP contribution in [0.2, 0.25) is 0 Å². The molecule has 4 rings (SSSR count). The molecule has 0 saturated carbocycles. The number of hydrogen-bond donors (Lipinski definition) is 1. The summed E-state index contributed by atoms with van der Waals surface area (Å²) in [7, 11) is 0. The van der Waals surface area contributed by atoms with Crippen LogP contribution in [-0.2, 0) is 13.0 Å². The van der Waals surface area contributed by atoms with Crippen molar-refractivity contribution in [1.82, 2.24) is 10.3 Å². The minimum absolute atomic E-state index is 0.150. The van der Waals surface area contributed by atoms with Crippen LogP contribution in [0.15, 0.2) is 65.2 Å². The van der Waals surface area contributed by atoms with E-state index >= 15 is 0 Å². The summed E-state index contributed by atoms with van der Waals surface area (Å²) in [6.45, 7) is 0.865. The molecule has 0 fully saturated rings. The monoisotopic (exact) mass is 276 g/mol. The largest absolute Gasteiger partial charge is 0.439 e. The summed E-state index contributed by atoms with van der Waals surface area (Å²) >= 11 is 0. The first kappa shape index (κ1) is 12.4. The zero-order valence-corrected chi connectivity index (χ0v) is 11.6. The molecule has 0 aliphatic carbocycles. The van der Waals surface area contributed by atoms with Gasteiger partial charge in [0.2, 0.25) is 5.89 Å². The Morgan fingerprint density at radius 3 is 2.57 bits per heavy atom. The third-order valence-electron chi connectivity index (χ3n) is 3.96. The van der Waals surface area contributed by atoms with E-state index in [4.69, 9.17) is 4.42 Å². The molecule has 0 amide bonds. The van der Waals surface area contributed by atoms with E-state index in [0.29, 0.717) is 0 Å². The van der Waals surface area contributed by atoms with Crippen molar-refractivity contribution in [3.8, 4) is 11.3 Å². The van der Waals surface area contributed by atoms with E-state index in [9.17, 15) is 0 Å². The average molecular weight is 276 g/mol. The van der Waals surface area contributed by atoms with E-state index in [1.165, 1.54) is 11.1 Å². The second-order valence-electron chi connectivity index (χ2n) is 5.34. The van der Waals surface area contributed by atoms with Gasteiger partial charge in [-0.2, -0.15) is 0 Å². The van der Waals surface area contributed by atoms with Gasteiger partial charge in [0.1, 0.15) is 0 Å². The van der Waals surface area contributed by atoms with Gasteiger partial charge in [-0.3, -0.25) is 0 Å². The van der Waals surface area contributed by atoms with Crippen molar-refractivity contribution in [1.29, 1.82) is 0 Å². The smallest absolute Gasteiger partial charge is 0.212 e. The SMILES string of the molecule is c1ccc(-c2cnc([C@@H]3Cc4ccccc4CN3)o2)cc1. The van der Waals surface area contributed by atoms with Crippen LogP contribution in [0.1, 0.15) is 23.1 Å². The lowest BCUT2D eigenvalue weighted by Gasteiger charge is -2.23. The molecule has 0 unspecified atom stereocenters. The molecule has 2 aromatic carbocycles. The van der Waals surface area contributed by atoms with Gasteiger partial charge in [0.05, 0.1) is 12.2 Å². The number of fused-ring (bicyclic) bond motifs is 1. The van der Waals surface area contributed by atoms with Crippen LogP contribution in [0, 0.1) is 0 Å². The maximum Gasteiger partial charge on any atom is 0.212 e. The van der Waals surface area contributed by atoms with Gasteiger partial charge in [-0.1, -0.05) is 54.6 Å². The molecule has 104 valence electrons. The zero-order valence-electron chi connectivity index (χ0n) is 11.6. The van der Waals surface area contributed by atoms with Crippen molar-refractivity contribution >= 4 is 0 Å². The summed E-state index contributed by atoms with van der Waals surface area (Å²) in [5.74, 6) is 1.59. The highest BCUT2D eigenvalue weighted by molar-refractivity contribution is 5.55. The van der Waals surface area contributed by atoms with Gasteiger partial charge in [-0.15, -0.1) is 0 Å². The van der Waals surface area contributed by atoms with Gasteiger partial charge >= 0.3 is 0 Å². The first-order valence-electron chi connectivity index (χ1n) is 7.21. The highest BCUT2D eigenvalue weighted by Crippen LogP contribution is 2.28. The maximum absolute atomic E-state index is 5.95. The molecule has 3 heteroatoms. The number of hydrogen-bond acceptors (Lipinski definition) is 3. The molecule has 1 atom stereocenters. The third kappa shape index (κ3) is 2.36. The van der Waals surface area contributed by atoms with Crippen LogP contribution >= 0.6 is 0 Å². The number of benzene rings is 2. The molecule has 0 saturated heterocycles. The Morgan fingerprint density at radius 1 is 0.952 bits per heavy atom. The van der Waals surface area contributed by atoms with Crippen molar-refractivity contribution < 1.29 is 4.42 Å². The highest BCUT2D eigenvalue weighted by atomic mass is 16.4. The molecule has 3 aromatic rings. The van der Waals surface area contributed by atoms with Gasteiger partial charge < -0.3 is 9.73 Å². The molecule has 0 spiro atoms. The Balaban J connectivity index is 1.60. The summed E-state index contributed by atoms with van der Waals surface area (Å²) in [5, 5.41) is 3.50. The summed E-state index contributed by atoms with van der Waals surface area (Å²) < 4.78 is 5.95. The van der Waals surface area contributed by atoms with Crippen molar-refractivity contribution in [2.45, 2.75) is 19.0 Å². The second-order valence-corrected chi connectivity index (χ2v) is 5.34. The standard InChI is InChI=1S/C18H16N2O/c1-2-6-13(7-3-1)17-12-20-18(21-17)16-10-14-8-4-5-9-15(14)11-19-16/h1-9,12,16,19H,10-11H2/t16-/m0/s1. The van der Waals surface area contributed by atoms with Gasteiger partial charge in [-0.05, 0) is 17.5 Å². The molecule has 0 radical (unpaired) electrons. The number of aromatic nitrogens is 1. The van der Waals surface area contributed by atoms with E-state index in [2.05, 4.69) is 34.6 Å². The van der Waals surface area contributed by atoms with Crippen molar-refractivity contribution in [3.05, 3.63) is 77.8 Å².